The van der Waals surface area contributed by atoms with Crippen molar-refractivity contribution in [2.24, 2.45) is 0 Å². The number of carbonyl (C=O) groups excluding carboxylic acids is 8. The van der Waals surface area contributed by atoms with Crippen molar-refractivity contribution in [1.29, 1.82) is 0 Å². The summed E-state index contributed by atoms with van der Waals surface area (Å²) in [5.41, 5.74) is 4.47. The predicted octanol–water partition coefficient (Wildman–Crippen LogP) is 21.5. The third-order valence-corrected chi connectivity index (χ3v) is 22.5. The summed E-state index contributed by atoms with van der Waals surface area (Å²) in [6.07, 6.45) is -9.07. The van der Waals surface area contributed by atoms with Gasteiger partial charge in [-0.05, 0) is 125 Å². The Morgan fingerprint density at radius 3 is 0.779 bits per heavy atom. The van der Waals surface area contributed by atoms with Crippen LogP contribution in [0, 0.1) is 13.8 Å². The average Bonchev–Trinajstić information content (AvgIpc) is 0.684. The summed E-state index contributed by atoms with van der Waals surface area (Å²) in [6.45, 7) is 3.52. The molecule has 0 aromatic heterocycles. The second kappa shape index (κ2) is 23.7. The van der Waals surface area contributed by atoms with E-state index in [0.717, 1.165) is 77.4 Å². The Labute approximate surface area is 619 Å². The molecule has 0 saturated heterocycles. The molecule has 0 spiro atoms. The fourth-order valence-electron chi connectivity index (χ4n) is 15.3. The normalized spacial score (nSPS) is 14.7. The smallest absolute Gasteiger partial charge is 0.270 e. The van der Waals surface area contributed by atoms with Gasteiger partial charge in [-0.2, -0.15) is 26.3 Å². The second-order valence-corrected chi connectivity index (χ2v) is 29.5. The van der Waals surface area contributed by atoms with E-state index in [1.807, 2.05) is 74.5 Å². The monoisotopic (exact) mass is 1600 g/mol. The van der Waals surface area contributed by atoms with Gasteiger partial charge >= 0.3 is 12.4 Å². The van der Waals surface area contributed by atoms with Crippen molar-refractivity contribution in [3.05, 3.63) is 276 Å². The first-order valence-corrected chi connectivity index (χ1v) is 35.0. The lowest BCUT2D eigenvalue weighted by Gasteiger charge is -2.31. The Hall–Kier alpha value is -10.1. The fourth-order valence-corrected chi connectivity index (χ4v) is 17.8. The van der Waals surface area contributed by atoms with Gasteiger partial charge in [0.25, 0.3) is 47.3 Å². The van der Waals surface area contributed by atoms with Gasteiger partial charge in [-0.15, -0.1) is 0 Å². The van der Waals surface area contributed by atoms with Gasteiger partial charge in [0, 0.05) is 121 Å². The lowest BCUT2D eigenvalue weighted by atomic mass is 9.82. The maximum atomic E-state index is 14.1. The highest BCUT2D eigenvalue weighted by Crippen LogP contribution is 2.56. The number of rotatable bonds is 8. The number of hydrogen-bond donors (Lipinski definition) is 0. The van der Waals surface area contributed by atoms with Crippen molar-refractivity contribution in [3.63, 3.8) is 0 Å². The molecule has 4 aliphatic rings. The average molecular weight is 1600 g/mol. The van der Waals surface area contributed by atoms with Gasteiger partial charge < -0.3 is 0 Å². The number of amides is 8. The SMILES string of the molecule is Cc1ccc(CN2C(=O)c3cc(Cl)c4c5c(Cl)cc6c7c(cc(Cl)c(c8c(Cl)cc(c3c48)C2=O)c75)C(=O)N(Cc2ccc(C(F)(F)F)cc2)C6=O)cc1.Cc1ccc(CN2C(=O)c3ccc4c5c(Br)cc6c7c(cc(Br)c(c8ccc(c3c48)C2=O)c75)C(=O)N(Cc2ccc(C(F)(F)F)cc2)C6=O)cc1. The summed E-state index contributed by atoms with van der Waals surface area (Å²) in [6, 6.07) is 39.9. The van der Waals surface area contributed by atoms with E-state index in [1.54, 1.807) is 24.3 Å². The van der Waals surface area contributed by atoms with E-state index in [0.29, 0.717) is 95.8 Å². The van der Waals surface area contributed by atoms with Gasteiger partial charge in [0.05, 0.1) is 59.6 Å². The number of imide groups is 4. The Kier molecular flexibility index (Phi) is 15.3. The zero-order chi connectivity index (χ0) is 73.1. The zero-order valence-corrected chi connectivity index (χ0v) is 59.6. The minimum absolute atomic E-state index is 0.0148. The number of benzene rings is 14. The first-order valence-electron chi connectivity index (χ1n) is 31.9. The van der Waals surface area contributed by atoms with E-state index in [2.05, 4.69) is 31.9 Å². The number of hydrogen-bond acceptors (Lipinski definition) is 8. The van der Waals surface area contributed by atoms with Gasteiger partial charge in [-0.25, -0.2) is 0 Å². The van der Waals surface area contributed by atoms with Gasteiger partial charge in [0.1, 0.15) is 0 Å². The highest BCUT2D eigenvalue weighted by Gasteiger charge is 2.43. The van der Waals surface area contributed by atoms with E-state index in [1.165, 1.54) is 53.4 Å². The van der Waals surface area contributed by atoms with Crippen LogP contribution in [0.1, 0.15) is 127 Å². The molecule has 0 N–H and O–H groups in total. The van der Waals surface area contributed by atoms with Crippen LogP contribution in [0.5, 0.6) is 0 Å². The summed E-state index contributed by atoms with van der Waals surface area (Å²) in [5, 5.41) is 8.27. The molecular formula is C80H40Br2Cl4F6N4O8. The number of alkyl halides is 6. The van der Waals surface area contributed by atoms with Crippen LogP contribution in [-0.2, 0) is 38.5 Å². The molecule has 0 atom stereocenters. The molecule has 4 heterocycles. The lowest BCUT2D eigenvalue weighted by Crippen LogP contribution is -2.40. The van der Waals surface area contributed by atoms with Crippen molar-refractivity contribution in [1.82, 2.24) is 19.6 Å². The maximum Gasteiger partial charge on any atom is 0.416 e. The Bertz CT molecular complexity index is 6120. The zero-order valence-electron chi connectivity index (χ0n) is 53.4. The highest BCUT2D eigenvalue weighted by atomic mass is 79.9. The maximum absolute atomic E-state index is 14.1. The van der Waals surface area contributed by atoms with Crippen molar-refractivity contribution < 1.29 is 64.7 Å². The molecule has 0 radical (unpaired) electrons. The highest BCUT2D eigenvalue weighted by molar-refractivity contribution is 9.11. The van der Waals surface area contributed by atoms with Crippen LogP contribution in [0.2, 0.25) is 20.1 Å². The molecule has 4 aliphatic heterocycles. The molecule has 512 valence electrons. The number of nitrogens with zero attached hydrogens (tertiary/aromatic N) is 4. The van der Waals surface area contributed by atoms with Gasteiger partial charge in [-0.1, -0.05) is 174 Å². The predicted molar refractivity (Wildman–Crippen MR) is 393 cm³/mol. The van der Waals surface area contributed by atoms with Crippen LogP contribution in [0.4, 0.5) is 26.3 Å². The van der Waals surface area contributed by atoms with Gasteiger partial charge in [0.2, 0.25) is 0 Å². The van der Waals surface area contributed by atoms with Crippen LogP contribution in [0.15, 0.2) is 167 Å². The molecule has 14 aromatic rings. The topological polar surface area (TPSA) is 150 Å². The number of fused-ring (bicyclic) bond motifs is 4. The molecule has 8 amide bonds. The minimum atomic E-state index is -4.56. The molecule has 14 aromatic carbocycles. The van der Waals surface area contributed by atoms with Crippen molar-refractivity contribution in [2.45, 2.75) is 52.4 Å². The second-order valence-electron chi connectivity index (χ2n) is 26.2. The van der Waals surface area contributed by atoms with E-state index in [-0.39, 0.29) is 85.0 Å². The van der Waals surface area contributed by atoms with Crippen LogP contribution in [-0.4, -0.2) is 66.9 Å². The summed E-state index contributed by atoms with van der Waals surface area (Å²) in [7, 11) is 0. The van der Waals surface area contributed by atoms with Crippen LogP contribution < -0.4 is 0 Å². The van der Waals surface area contributed by atoms with E-state index >= 15 is 0 Å². The molecule has 0 unspecified atom stereocenters. The van der Waals surface area contributed by atoms with Crippen molar-refractivity contribution in [2.75, 3.05) is 0 Å². The van der Waals surface area contributed by atoms with Crippen LogP contribution >= 0.6 is 78.3 Å². The fraction of sp³-hybridized carbons (Fsp3) is 0.100. The number of aryl methyl sites for hydroxylation is 2. The minimum Gasteiger partial charge on any atom is -0.270 e. The molecule has 12 nitrogen and oxygen atoms in total. The van der Waals surface area contributed by atoms with Crippen LogP contribution in [0.3, 0.4) is 0 Å². The summed E-state index contributed by atoms with van der Waals surface area (Å²) < 4.78 is 80.2. The van der Waals surface area contributed by atoms with E-state index in [4.69, 9.17) is 46.4 Å². The molecule has 0 saturated carbocycles. The van der Waals surface area contributed by atoms with Crippen molar-refractivity contribution >= 4 is 212 Å². The molecular weight excluding hydrogens is 1560 g/mol. The van der Waals surface area contributed by atoms with Crippen LogP contribution in [0.25, 0.3) is 86.2 Å². The Morgan fingerprint density at radius 2 is 0.510 bits per heavy atom. The van der Waals surface area contributed by atoms with Gasteiger partial charge in [-0.3, -0.25) is 58.0 Å². The number of halogens is 12. The molecule has 0 fully saturated rings. The van der Waals surface area contributed by atoms with Crippen molar-refractivity contribution in [3.8, 4) is 0 Å². The molecule has 0 bridgehead atoms. The standard InChI is InChI=1S/C40H21Br2F3N2O4.C40H19Cl4F3N2O4/c1-18-2-4-19(5-3-18)16-46-36(48)24-12-10-22-30-23(11-13-25(31(24)30)37(46)49)34-29(42)15-27-32-26(14-28(41)33(22)35(32)34)38(50)47(39(27)51)17-20-6-8-21(9-7-20)40(43,44)45;1-16-2-4-17(5-3-16)14-48-36(50)20-10-24(41)30-32-26(43)12-22-29-23(39(53)49(38(22)52)15-18-6-8-19(9-7-18)40(45,46)47)13-27(44)33(35(29)32)31-25(42)11-21(37(48)51)28(20)34(30)31/h2-15H,16-17H2,1H3;2-13H,14-15H2,1H3. The third-order valence-electron chi connectivity index (χ3n) is 20.1. The molecule has 0 aliphatic carbocycles. The molecule has 104 heavy (non-hydrogen) atoms. The largest absolute Gasteiger partial charge is 0.416 e. The Morgan fingerprint density at radius 1 is 0.279 bits per heavy atom. The quantitative estimate of drug-likeness (QED) is 0.0632. The first kappa shape index (κ1) is 67.1. The third kappa shape index (κ3) is 9.99. The van der Waals surface area contributed by atoms with E-state index in [9.17, 15) is 64.7 Å². The summed E-state index contributed by atoms with van der Waals surface area (Å²) in [5.74, 6) is -4.48. The number of carbonyl (C=O) groups is 8. The first-order chi connectivity index (χ1) is 49.5. The lowest BCUT2D eigenvalue weighted by molar-refractivity contribution is -0.138. The molecule has 24 heteroatoms. The Balaban J connectivity index is 0.000000154. The van der Waals surface area contributed by atoms with Gasteiger partial charge in [0.15, 0.2) is 0 Å². The molecule has 18 rings (SSSR count). The van der Waals surface area contributed by atoms with E-state index < -0.39 is 70.7 Å². The summed E-state index contributed by atoms with van der Waals surface area (Å²) in [4.78, 5) is 117. The summed E-state index contributed by atoms with van der Waals surface area (Å²) >= 11 is 35.6.